The minimum atomic E-state index is 1.16. The number of aryl methyl sites for hydroxylation is 1. The molecule has 0 fully saturated rings. The van der Waals surface area contributed by atoms with E-state index >= 15 is 0 Å². The van der Waals surface area contributed by atoms with Crippen LogP contribution in [0.5, 0.6) is 0 Å². The average Bonchev–Trinajstić information content (AvgIpc) is 2.29. The third-order valence-electron chi connectivity index (χ3n) is 3.31. The molecule has 1 aromatic rings. The summed E-state index contributed by atoms with van der Waals surface area (Å²) in [6.07, 6.45) is 3.66. The SMILES string of the molecule is CCCN1CCc2cc(CC)ccc2C1. The van der Waals surface area contributed by atoms with Gasteiger partial charge in [0.2, 0.25) is 0 Å². The fourth-order valence-corrected chi connectivity index (χ4v) is 2.39. The van der Waals surface area contributed by atoms with Gasteiger partial charge in [0.15, 0.2) is 0 Å². The smallest absolute Gasteiger partial charge is 0.0236 e. The first-order valence-corrected chi connectivity index (χ1v) is 6.16. The van der Waals surface area contributed by atoms with E-state index in [4.69, 9.17) is 0 Å². The molecular weight excluding hydrogens is 182 g/mol. The van der Waals surface area contributed by atoms with Crippen molar-refractivity contribution in [3.8, 4) is 0 Å². The maximum absolute atomic E-state index is 2.56. The summed E-state index contributed by atoms with van der Waals surface area (Å²) in [6, 6.07) is 7.02. The van der Waals surface area contributed by atoms with Crippen LogP contribution in [0.1, 0.15) is 37.0 Å². The van der Waals surface area contributed by atoms with E-state index in [0.29, 0.717) is 0 Å². The summed E-state index contributed by atoms with van der Waals surface area (Å²) >= 11 is 0. The number of nitrogens with zero attached hydrogens (tertiary/aromatic N) is 1. The van der Waals surface area contributed by atoms with Gasteiger partial charge in [0.1, 0.15) is 0 Å². The second-order valence-electron chi connectivity index (χ2n) is 4.48. The summed E-state index contributed by atoms with van der Waals surface area (Å²) in [7, 11) is 0. The lowest BCUT2D eigenvalue weighted by Crippen LogP contribution is -2.31. The van der Waals surface area contributed by atoms with Gasteiger partial charge >= 0.3 is 0 Å². The molecule has 15 heavy (non-hydrogen) atoms. The minimum absolute atomic E-state index is 1.16. The van der Waals surface area contributed by atoms with Crippen LogP contribution in [0.25, 0.3) is 0 Å². The molecule has 0 spiro atoms. The lowest BCUT2D eigenvalue weighted by atomic mass is 9.96. The van der Waals surface area contributed by atoms with E-state index < -0.39 is 0 Å². The van der Waals surface area contributed by atoms with Gasteiger partial charge in [0, 0.05) is 13.1 Å². The molecule has 0 radical (unpaired) electrons. The molecule has 0 amide bonds. The Balaban J connectivity index is 2.13. The topological polar surface area (TPSA) is 3.24 Å². The molecule has 1 nitrogen and oxygen atoms in total. The van der Waals surface area contributed by atoms with Crippen molar-refractivity contribution in [1.29, 1.82) is 0 Å². The van der Waals surface area contributed by atoms with Gasteiger partial charge in [-0.1, -0.05) is 32.0 Å². The second kappa shape index (κ2) is 4.80. The van der Waals surface area contributed by atoms with Crippen molar-refractivity contribution < 1.29 is 0 Å². The minimum Gasteiger partial charge on any atom is -0.299 e. The van der Waals surface area contributed by atoms with E-state index in [1.165, 1.54) is 31.5 Å². The van der Waals surface area contributed by atoms with Gasteiger partial charge in [-0.05, 0) is 42.5 Å². The largest absolute Gasteiger partial charge is 0.299 e. The van der Waals surface area contributed by atoms with Crippen molar-refractivity contribution >= 4 is 0 Å². The lowest BCUT2D eigenvalue weighted by molar-refractivity contribution is 0.255. The molecule has 0 N–H and O–H groups in total. The van der Waals surface area contributed by atoms with Gasteiger partial charge in [0.25, 0.3) is 0 Å². The van der Waals surface area contributed by atoms with Gasteiger partial charge in [-0.25, -0.2) is 0 Å². The molecular formula is C14H21N. The number of hydrogen-bond donors (Lipinski definition) is 0. The van der Waals surface area contributed by atoms with Crippen LogP contribution >= 0.6 is 0 Å². The van der Waals surface area contributed by atoms with Crippen LogP contribution in [-0.2, 0) is 19.4 Å². The summed E-state index contributed by atoms with van der Waals surface area (Å²) in [5.74, 6) is 0. The Bertz CT molecular complexity index is 330. The number of benzene rings is 1. The molecule has 2 rings (SSSR count). The number of hydrogen-bond acceptors (Lipinski definition) is 1. The maximum atomic E-state index is 2.56. The third-order valence-corrected chi connectivity index (χ3v) is 3.31. The normalized spacial score (nSPS) is 16.4. The predicted molar refractivity (Wildman–Crippen MR) is 65.1 cm³/mol. The van der Waals surface area contributed by atoms with Gasteiger partial charge < -0.3 is 0 Å². The molecule has 0 unspecified atom stereocenters. The van der Waals surface area contributed by atoms with Crippen molar-refractivity contribution in [2.45, 2.75) is 39.7 Å². The molecule has 1 aromatic carbocycles. The summed E-state index contributed by atoms with van der Waals surface area (Å²) in [6.45, 7) is 8.14. The predicted octanol–water partition coefficient (Wildman–Crippen LogP) is 3.02. The zero-order valence-electron chi connectivity index (χ0n) is 9.92. The molecule has 0 aromatic heterocycles. The summed E-state index contributed by atoms with van der Waals surface area (Å²) in [4.78, 5) is 2.56. The highest BCUT2D eigenvalue weighted by atomic mass is 15.1. The second-order valence-corrected chi connectivity index (χ2v) is 4.48. The number of rotatable bonds is 3. The monoisotopic (exact) mass is 203 g/mol. The van der Waals surface area contributed by atoms with E-state index in [1.54, 1.807) is 11.1 Å². The van der Waals surface area contributed by atoms with E-state index in [-0.39, 0.29) is 0 Å². The molecule has 82 valence electrons. The fourth-order valence-electron chi connectivity index (χ4n) is 2.39. The van der Waals surface area contributed by atoms with Crippen LogP contribution in [0.2, 0.25) is 0 Å². The van der Waals surface area contributed by atoms with Crippen LogP contribution in [0.3, 0.4) is 0 Å². The van der Waals surface area contributed by atoms with Crippen molar-refractivity contribution in [3.63, 3.8) is 0 Å². The highest BCUT2D eigenvalue weighted by Gasteiger charge is 2.14. The molecule has 0 aliphatic carbocycles. The van der Waals surface area contributed by atoms with Crippen LogP contribution < -0.4 is 0 Å². The third kappa shape index (κ3) is 2.40. The van der Waals surface area contributed by atoms with Gasteiger partial charge in [-0.2, -0.15) is 0 Å². The Labute approximate surface area is 93.1 Å². The van der Waals surface area contributed by atoms with Crippen LogP contribution in [0.15, 0.2) is 18.2 Å². The standard InChI is InChI=1S/C14H21N/c1-3-8-15-9-7-13-10-12(4-2)5-6-14(13)11-15/h5-6,10H,3-4,7-9,11H2,1-2H3. The zero-order valence-corrected chi connectivity index (χ0v) is 9.92. The van der Waals surface area contributed by atoms with Gasteiger partial charge in [-0.15, -0.1) is 0 Å². The van der Waals surface area contributed by atoms with E-state index in [2.05, 4.69) is 36.9 Å². The molecule has 0 saturated heterocycles. The molecule has 1 aliphatic heterocycles. The Morgan fingerprint density at radius 1 is 1.20 bits per heavy atom. The first-order valence-electron chi connectivity index (χ1n) is 6.16. The lowest BCUT2D eigenvalue weighted by Gasteiger charge is -2.28. The Morgan fingerprint density at radius 2 is 2.07 bits per heavy atom. The Kier molecular flexibility index (Phi) is 3.42. The first kappa shape index (κ1) is 10.7. The molecule has 0 atom stereocenters. The molecule has 0 saturated carbocycles. The molecule has 1 heteroatoms. The molecule has 1 heterocycles. The highest BCUT2D eigenvalue weighted by Crippen LogP contribution is 2.20. The van der Waals surface area contributed by atoms with Gasteiger partial charge in [0.05, 0.1) is 0 Å². The van der Waals surface area contributed by atoms with E-state index in [0.717, 1.165) is 13.0 Å². The molecule has 1 aliphatic rings. The van der Waals surface area contributed by atoms with Gasteiger partial charge in [-0.3, -0.25) is 4.90 Å². The summed E-state index contributed by atoms with van der Waals surface area (Å²) in [5.41, 5.74) is 4.62. The van der Waals surface area contributed by atoms with Crippen molar-refractivity contribution in [3.05, 3.63) is 34.9 Å². The van der Waals surface area contributed by atoms with Crippen molar-refractivity contribution in [2.75, 3.05) is 13.1 Å². The van der Waals surface area contributed by atoms with Crippen molar-refractivity contribution in [1.82, 2.24) is 4.90 Å². The van der Waals surface area contributed by atoms with Crippen LogP contribution in [0.4, 0.5) is 0 Å². The average molecular weight is 203 g/mol. The summed E-state index contributed by atoms with van der Waals surface area (Å²) < 4.78 is 0. The Hall–Kier alpha value is -0.820. The quantitative estimate of drug-likeness (QED) is 0.730. The van der Waals surface area contributed by atoms with Crippen molar-refractivity contribution in [2.24, 2.45) is 0 Å². The Morgan fingerprint density at radius 3 is 2.80 bits per heavy atom. The van der Waals surface area contributed by atoms with Crippen LogP contribution in [-0.4, -0.2) is 18.0 Å². The fraction of sp³-hybridized carbons (Fsp3) is 0.571. The van der Waals surface area contributed by atoms with E-state index in [9.17, 15) is 0 Å². The zero-order chi connectivity index (χ0) is 10.7. The van der Waals surface area contributed by atoms with Crippen LogP contribution in [0, 0.1) is 0 Å². The van der Waals surface area contributed by atoms with E-state index in [1.807, 2.05) is 0 Å². The molecule has 0 bridgehead atoms. The highest BCUT2D eigenvalue weighted by molar-refractivity contribution is 5.33. The summed E-state index contributed by atoms with van der Waals surface area (Å²) in [5, 5.41) is 0. The number of fused-ring (bicyclic) bond motifs is 1. The maximum Gasteiger partial charge on any atom is 0.0236 e. The first-order chi connectivity index (χ1) is 7.33.